The van der Waals surface area contributed by atoms with Gasteiger partial charge < -0.3 is 10.4 Å². The molecule has 29 heavy (non-hydrogen) atoms. The molecule has 0 saturated heterocycles. The van der Waals surface area contributed by atoms with Crippen LogP contribution in [0.4, 0.5) is 5.82 Å². The Morgan fingerprint density at radius 1 is 1.14 bits per heavy atom. The van der Waals surface area contributed by atoms with E-state index in [1.807, 2.05) is 6.07 Å². The molecule has 2 heterocycles. The first kappa shape index (κ1) is 20.7. The minimum atomic E-state index is -1.04. The second-order valence-corrected chi connectivity index (χ2v) is 8.00. The molecule has 0 radical (unpaired) electrons. The zero-order valence-electron chi connectivity index (χ0n) is 16.4. The van der Waals surface area contributed by atoms with E-state index in [0.29, 0.717) is 17.3 Å². The van der Waals surface area contributed by atoms with Gasteiger partial charge in [-0.3, -0.25) is 4.79 Å². The summed E-state index contributed by atoms with van der Waals surface area (Å²) in [6.07, 6.45) is 3.42. The summed E-state index contributed by atoms with van der Waals surface area (Å²) < 4.78 is 0. The normalized spacial score (nSPS) is 10.9. The zero-order valence-corrected chi connectivity index (χ0v) is 17.2. The van der Waals surface area contributed by atoms with Crippen LogP contribution in [0.5, 0.6) is 0 Å². The number of hydrogen-bond acceptors (Lipinski definition) is 5. The number of carboxylic acid groups (broad SMARTS) is 1. The molecular weight excluding hydrogens is 386 g/mol. The van der Waals surface area contributed by atoms with Crippen LogP contribution >= 0.6 is 11.3 Å². The van der Waals surface area contributed by atoms with Gasteiger partial charge in [0.1, 0.15) is 5.82 Å². The molecular formula is C22H23N3O3S. The summed E-state index contributed by atoms with van der Waals surface area (Å²) in [6, 6.07) is 10.2. The topological polar surface area (TPSA) is 92.2 Å². The van der Waals surface area contributed by atoms with Crippen molar-refractivity contribution in [1.29, 1.82) is 0 Å². The minimum Gasteiger partial charge on any atom is -0.478 e. The Bertz CT molecular complexity index is 997. The number of anilines is 1. The van der Waals surface area contributed by atoms with E-state index in [1.54, 1.807) is 41.8 Å². The number of carboxylic acids is 1. The van der Waals surface area contributed by atoms with Crippen molar-refractivity contribution in [3.8, 4) is 0 Å². The number of hydrogen-bond donors (Lipinski definition) is 2. The highest BCUT2D eigenvalue weighted by Crippen LogP contribution is 2.19. The van der Waals surface area contributed by atoms with Crippen molar-refractivity contribution in [3.63, 3.8) is 0 Å². The maximum Gasteiger partial charge on any atom is 0.335 e. The number of aromatic nitrogens is 2. The van der Waals surface area contributed by atoms with Crippen LogP contribution in [0.2, 0.25) is 0 Å². The summed E-state index contributed by atoms with van der Waals surface area (Å²) in [4.78, 5) is 32.4. The fraction of sp³-hybridized carbons (Fsp3) is 0.273. The van der Waals surface area contributed by atoms with Gasteiger partial charge in [-0.2, -0.15) is 0 Å². The van der Waals surface area contributed by atoms with Gasteiger partial charge in [-0.25, -0.2) is 14.8 Å². The smallest absolute Gasteiger partial charge is 0.335 e. The van der Waals surface area contributed by atoms with Crippen LogP contribution in [0.1, 0.15) is 52.0 Å². The molecule has 0 fully saturated rings. The Hall–Kier alpha value is -3.06. The standard InChI is InChI=1S/C22H23N3O3S/c1-14(2)18-13-29-21(24-18)10-8-15-7-9-19(23-12-15)25-20(26)11-16-5-3-4-6-17(16)22(27)28/h3-7,9,12-14H,8,10-11H2,1-2H3,(H,27,28)(H,23,25,26). The highest BCUT2D eigenvalue weighted by Gasteiger charge is 2.13. The molecule has 0 aliphatic rings. The third-order valence-electron chi connectivity index (χ3n) is 4.48. The first-order chi connectivity index (χ1) is 13.9. The Kier molecular flexibility index (Phi) is 6.72. The van der Waals surface area contributed by atoms with E-state index in [0.717, 1.165) is 29.1 Å². The van der Waals surface area contributed by atoms with Crippen molar-refractivity contribution in [2.75, 3.05) is 5.32 Å². The van der Waals surface area contributed by atoms with E-state index in [1.165, 1.54) is 6.07 Å². The summed E-state index contributed by atoms with van der Waals surface area (Å²) in [7, 11) is 0. The summed E-state index contributed by atoms with van der Waals surface area (Å²) in [5.74, 6) is -0.463. The number of aryl methyl sites for hydroxylation is 2. The number of pyridine rings is 1. The van der Waals surface area contributed by atoms with Crippen LogP contribution in [0, 0.1) is 0 Å². The van der Waals surface area contributed by atoms with Gasteiger partial charge in [0.05, 0.1) is 22.7 Å². The molecule has 2 N–H and O–H groups in total. The summed E-state index contributed by atoms with van der Waals surface area (Å²) >= 11 is 1.68. The second-order valence-electron chi connectivity index (χ2n) is 7.06. The lowest BCUT2D eigenvalue weighted by Gasteiger charge is -2.07. The second kappa shape index (κ2) is 9.43. The van der Waals surface area contributed by atoms with E-state index in [-0.39, 0.29) is 17.9 Å². The molecule has 3 rings (SSSR count). The Labute approximate surface area is 173 Å². The third kappa shape index (κ3) is 5.71. The van der Waals surface area contributed by atoms with Crippen molar-refractivity contribution in [1.82, 2.24) is 9.97 Å². The van der Waals surface area contributed by atoms with Crippen molar-refractivity contribution in [2.24, 2.45) is 0 Å². The molecule has 7 heteroatoms. The number of carbonyl (C=O) groups excluding carboxylic acids is 1. The molecule has 6 nitrogen and oxygen atoms in total. The molecule has 1 amide bonds. The third-order valence-corrected chi connectivity index (χ3v) is 5.41. The van der Waals surface area contributed by atoms with Gasteiger partial charge in [-0.1, -0.05) is 38.1 Å². The Morgan fingerprint density at radius 2 is 1.93 bits per heavy atom. The predicted octanol–water partition coefficient (Wildman–Crippen LogP) is 4.33. The van der Waals surface area contributed by atoms with Gasteiger partial charge in [0.2, 0.25) is 5.91 Å². The average Bonchev–Trinajstić information content (AvgIpc) is 3.17. The molecule has 0 atom stereocenters. The van der Waals surface area contributed by atoms with Crippen molar-refractivity contribution >= 4 is 29.0 Å². The van der Waals surface area contributed by atoms with Gasteiger partial charge in [0, 0.05) is 18.0 Å². The maximum absolute atomic E-state index is 12.3. The van der Waals surface area contributed by atoms with Crippen LogP contribution in [0.15, 0.2) is 48.0 Å². The fourth-order valence-electron chi connectivity index (χ4n) is 2.85. The van der Waals surface area contributed by atoms with E-state index in [2.05, 4.69) is 34.5 Å². The summed E-state index contributed by atoms with van der Waals surface area (Å²) in [6.45, 7) is 4.27. The van der Waals surface area contributed by atoms with Crippen LogP contribution in [0.25, 0.3) is 0 Å². The zero-order chi connectivity index (χ0) is 20.8. The van der Waals surface area contributed by atoms with Crippen LogP contribution in [0.3, 0.4) is 0 Å². The highest BCUT2D eigenvalue weighted by atomic mass is 32.1. The highest BCUT2D eigenvalue weighted by molar-refractivity contribution is 7.09. The lowest BCUT2D eigenvalue weighted by atomic mass is 10.0. The van der Waals surface area contributed by atoms with Crippen molar-refractivity contribution < 1.29 is 14.7 Å². The first-order valence-electron chi connectivity index (χ1n) is 9.42. The quantitative estimate of drug-likeness (QED) is 0.578. The number of aromatic carboxylic acids is 1. The SMILES string of the molecule is CC(C)c1csc(CCc2ccc(NC(=O)Cc3ccccc3C(=O)O)nc2)n1. The van der Waals surface area contributed by atoms with E-state index >= 15 is 0 Å². The van der Waals surface area contributed by atoms with Crippen molar-refractivity contribution in [3.05, 3.63) is 75.4 Å². The molecule has 0 spiro atoms. The maximum atomic E-state index is 12.3. The number of amides is 1. The van der Waals surface area contributed by atoms with Crippen LogP contribution in [-0.2, 0) is 24.1 Å². The lowest BCUT2D eigenvalue weighted by Crippen LogP contribution is -2.17. The largest absolute Gasteiger partial charge is 0.478 e. The minimum absolute atomic E-state index is 0.0197. The molecule has 0 saturated carbocycles. The van der Waals surface area contributed by atoms with Gasteiger partial charge in [-0.15, -0.1) is 11.3 Å². The number of nitrogens with one attached hydrogen (secondary N) is 1. The molecule has 0 aliphatic heterocycles. The number of rotatable bonds is 8. The molecule has 150 valence electrons. The van der Waals surface area contributed by atoms with Gasteiger partial charge in [0.15, 0.2) is 0 Å². The molecule has 0 bridgehead atoms. The molecule has 3 aromatic rings. The van der Waals surface area contributed by atoms with Gasteiger partial charge >= 0.3 is 5.97 Å². The first-order valence-corrected chi connectivity index (χ1v) is 10.3. The molecule has 2 aromatic heterocycles. The summed E-state index contributed by atoms with van der Waals surface area (Å²) in [5.41, 5.74) is 2.80. The number of thiazole rings is 1. The monoisotopic (exact) mass is 409 g/mol. The van der Waals surface area contributed by atoms with Gasteiger partial charge in [0.25, 0.3) is 0 Å². The van der Waals surface area contributed by atoms with Gasteiger partial charge in [-0.05, 0) is 35.6 Å². The number of carbonyl (C=O) groups is 2. The lowest BCUT2D eigenvalue weighted by molar-refractivity contribution is -0.115. The van der Waals surface area contributed by atoms with Crippen molar-refractivity contribution in [2.45, 2.75) is 39.0 Å². The number of nitrogens with zero attached hydrogens (tertiary/aromatic N) is 2. The molecule has 1 aromatic carbocycles. The fourth-order valence-corrected chi connectivity index (χ4v) is 3.81. The molecule has 0 aliphatic carbocycles. The van der Waals surface area contributed by atoms with Crippen LogP contribution < -0.4 is 5.32 Å². The van der Waals surface area contributed by atoms with E-state index in [9.17, 15) is 14.7 Å². The summed E-state index contributed by atoms with van der Waals surface area (Å²) in [5, 5.41) is 15.2. The predicted molar refractivity (Wildman–Crippen MR) is 114 cm³/mol. The Balaban J connectivity index is 1.54. The van der Waals surface area contributed by atoms with Crippen LogP contribution in [-0.4, -0.2) is 27.0 Å². The van der Waals surface area contributed by atoms with E-state index < -0.39 is 5.97 Å². The molecule has 0 unspecified atom stereocenters. The van der Waals surface area contributed by atoms with E-state index in [4.69, 9.17) is 0 Å². The average molecular weight is 410 g/mol. The number of benzene rings is 1. The Morgan fingerprint density at radius 3 is 2.59 bits per heavy atom.